The first-order chi connectivity index (χ1) is 19.0. The molecule has 202 valence electrons. The number of fused-ring (bicyclic) bond motifs is 1. The summed E-state index contributed by atoms with van der Waals surface area (Å²) in [5.41, 5.74) is 1.52. The summed E-state index contributed by atoms with van der Waals surface area (Å²) in [7, 11) is 0. The van der Waals surface area contributed by atoms with E-state index < -0.39 is 6.04 Å². The number of ether oxygens (including phenoxy) is 1. The Morgan fingerprint density at radius 2 is 1.54 bits per heavy atom. The van der Waals surface area contributed by atoms with Crippen LogP contribution in [0.2, 0.25) is 10.0 Å². The number of benzene rings is 4. The highest BCUT2D eigenvalue weighted by molar-refractivity contribution is 6.36. The fourth-order valence-corrected chi connectivity index (χ4v) is 4.97. The molecule has 39 heavy (non-hydrogen) atoms. The van der Waals surface area contributed by atoms with Gasteiger partial charge in [-0.1, -0.05) is 109 Å². The van der Waals surface area contributed by atoms with E-state index in [0.717, 1.165) is 29.2 Å². The molecule has 0 heterocycles. The van der Waals surface area contributed by atoms with Crippen molar-refractivity contribution in [1.29, 1.82) is 0 Å². The van der Waals surface area contributed by atoms with E-state index in [9.17, 15) is 9.59 Å². The maximum absolute atomic E-state index is 13.9. The monoisotopic (exact) mass is 562 g/mol. The minimum atomic E-state index is -0.791. The van der Waals surface area contributed by atoms with Gasteiger partial charge in [-0.15, -0.1) is 0 Å². The Hall–Kier alpha value is -3.54. The minimum Gasteiger partial charge on any atom is -0.483 e. The van der Waals surface area contributed by atoms with Crippen LogP contribution in [-0.2, 0) is 22.6 Å². The molecule has 0 spiro atoms. The lowest BCUT2D eigenvalue weighted by Crippen LogP contribution is -2.52. The lowest BCUT2D eigenvalue weighted by molar-refractivity contribution is -0.142. The van der Waals surface area contributed by atoms with E-state index in [1.54, 1.807) is 18.2 Å². The Morgan fingerprint density at radius 3 is 2.28 bits per heavy atom. The molecule has 0 fully saturated rings. The number of nitrogens with zero attached hydrogens (tertiary/aromatic N) is 1. The quantitative estimate of drug-likeness (QED) is 0.188. The average molecular weight is 564 g/mol. The van der Waals surface area contributed by atoms with E-state index in [1.165, 1.54) is 4.90 Å². The summed E-state index contributed by atoms with van der Waals surface area (Å²) < 4.78 is 6.05. The standard InChI is InChI=1S/C32H32Cl2N2O3/c1-2-3-19-35-32(38)29(20-23-11-5-4-6-12-23)36(21-26-27(33)16-10-17-28(26)34)31(37)22-39-30-18-9-14-24-13-7-8-15-25(24)30/h4-18,29H,2-3,19-22H2,1H3,(H,35,38). The molecule has 0 aliphatic heterocycles. The molecule has 1 unspecified atom stereocenters. The molecule has 0 bridgehead atoms. The van der Waals surface area contributed by atoms with Gasteiger partial charge in [0, 0.05) is 40.5 Å². The number of halogens is 2. The van der Waals surface area contributed by atoms with Gasteiger partial charge < -0.3 is 15.0 Å². The lowest BCUT2D eigenvalue weighted by Gasteiger charge is -2.32. The van der Waals surface area contributed by atoms with Gasteiger partial charge in [-0.2, -0.15) is 0 Å². The Balaban J connectivity index is 1.66. The summed E-state index contributed by atoms with van der Waals surface area (Å²) in [6.45, 7) is 2.41. The first kappa shape index (κ1) is 28.5. The van der Waals surface area contributed by atoms with E-state index in [0.29, 0.717) is 34.3 Å². The van der Waals surface area contributed by atoms with Crippen molar-refractivity contribution in [3.05, 3.63) is 112 Å². The summed E-state index contributed by atoms with van der Waals surface area (Å²) in [4.78, 5) is 29.0. The van der Waals surface area contributed by atoms with Crippen LogP contribution < -0.4 is 10.1 Å². The number of hydrogen-bond acceptors (Lipinski definition) is 3. The molecule has 0 saturated heterocycles. The molecule has 0 aliphatic carbocycles. The van der Waals surface area contributed by atoms with Gasteiger partial charge in [0.1, 0.15) is 11.8 Å². The van der Waals surface area contributed by atoms with E-state index in [-0.39, 0.29) is 25.0 Å². The number of unbranched alkanes of at least 4 members (excludes halogenated alkanes) is 1. The molecule has 0 aliphatic rings. The zero-order valence-electron chi connectivity index (χ0n) is 21.9. The van der Waals surface area contributed by atoms with Crippen molar-refractivity contribution in [2.75, 3.05) is 13.2 Å². The highest BCUT2D eigenvalue weighted by Gasteiger charge is 2.31. The van der Waals surface area contributed by atoms with Gasteiger partial charge in [-0.05, 0) is 35.6 Å². The summed E-state index contributed by atoms with van der Waals surface area (Å²) in [5, 5.41) is 5.80. The third kappa shape index (κ3) is 7.53. The first-order valence-corrected chi connectivity index (χ1v) is 13.9. The number of carbonyl (C=O) groups is 2. The molecule has 4 rings (SSSR count). The maximum Gasteiger partial charge on any atom is 0.261 e. The van der Waals surface area contributed by atoms with Crippen LogP contribution in [0.3, 0.4) is 0 Å². The summed E-state index contributed by atoms with van der Waals surface area (Å²) in [6, 6.07) is 27.6. The average Bonchev–Trinajstić information content (AvgIpc) is 2.95. The fraction of sp³-hybridized carbons (Fsp3) is 0.250. The zero-order valence-corrected chi connectivity index (χ0v) is 23.4. The van der Waals surface area contributed by atoms with Crippen molar-refractivity contribution in [3.63, 3.8) is 0 Å². The highest BCUT2D eigenvalue weighted by Crippen LogP contribution is 2.28. The summed E-state index contributed by atoms with van der Waals surface area (Å²) in [5.74, 6) is 0.0312. The molecule has 0 radical (unpaired) electrons. The van der Waals surface area contributed by atoms with Crippen LogP contribution in [0.4, 0.5) is 0 Å². The van der Waals surface area contributed by atoms with Crippen LogP contribution in [0.25, 0.3) is 10.8 Å². The predicted octanol–water partition coefficient (Wildman–Crippen LogP) is 7.08. The van der Waals surface area contributed by atoms with Gasteiger partial charge in [-0.3, -0.25) is 9.59 Å². The van der Waals surface area contributed by atoms with E-state index in [1.807, 2.05) is 72.8 Å². The molecule has 1 atom stereocenters. The second-order valence-corrected chi connectivity index (χ2v) is 10.2. The molecular formula is C32H32Cl2N2O3. The van der Waals surface area contributed by atoms with Crippen LogP contribution in [0, 0.1) is 0 Å². The Labute approximate surface area is 239 Å². The molecule has 1 N–H and O–H groups in total. The fourth-order valence-electron chi connectivity index (χ4n) is 4.46. The Bertz CT molecular complexity index is 1390. The second-order valence-electron chi connectivity index (χ2n) is 9.34. The van der Waals surface area contributed by atoms with Crippen LogP contribution >= 0.6 is 23.2 Å². The van der Waals surface area contributed by atoms with Gasteiger partial charge in [0.2, 0.25) is 5.91 Å². The van der Waals surface area contributed by atoms with Crippen molar-refractivity contribution in [1.82, 2.24) is 10.2 Å². The van der Waals surface area contributed by atoms with Crippen molar-refractivity contribution in [2.45, 2.75) is 38.8 Å². The van der Waals surface area contributed by atoms with Gasteiger partial charge in [0.15, 0.2) is 6.61 Å². The third-order valence-corrected chi connectivity index (χ3v) is 7.30. The van der Waals surface area contributed by atoms with Crippen LogP contribution in [0.5, 0.6) is 5.75 Å². The molecular weight excluding hydrogens is 531 g/mol. The third-order valence-electron chi connectivity index (χ3n) is 6.59. The number of hydrogen-bond donors (Lipinski definition) is 1. The largest absolute Gasteiger partial charge is 0.483 e. The van der Waals surface area contributed by atoms with E-state index in [4.69, 9.17) is 27.9 Å². The number of amides is 2. The topological polar surface area (TPSA) is 58.6 Å². The van der Waals surface area contributed by atoms with Gasteiger partial charge in [0.05, 0.1) is 0 Å². The van der Waals surface area contributed by atoms with Gasteiger partial charge in [-0.25, -0.2) is 0 Å². The van der Waals surface area contributed by atoms with Crippen LogP contribution in [0.15, 0.2) is 91.0 Å². The molecule has 7 heteroatoms. The van der Waals surface area contributed by atoms with Gasteiger partial charge in [0.25, 0.3) is 5.91 Å². The number of rotatable bonds is 12. The van der Waals surface area contributed by atoms with E-state index in [2.05, 4.69) is 12.2 Å². The molecule has 4 aromatic rings. The Kier molecular flexibility index (Phi) is 10.2. The second kappa shape index (κ2) is 14.0. The zero-order chi connectivity index (χ0) is 27.6. The molecule has 0 saturated carbocycles. The van der Waals surface area contributed by atoms with Crippen molar-refractivity contribution < 1.29 is 14.3 Å². The van der Waals surface area contributed by atoms with Crippen LogP contribution in [0.1, 0.15) is 30.9 Å². The first-order valence-electron chi connectivity index (χ1n) is 13.1. The number of carbonyl (C=O) groups excluding carboxylic acids is 2. The van der Waals surface area contributed by atoms with Crippen molar-refractivity contribution in [2.24, 2.45) is 0 Å². The molecule has 4 aromatic carbocycles. The normalized spacial score (nSPS) is 11.7. The van der Waals surface area contributed by atoms with Crippen LogP contribution in [-0.4, -0.2) is 35.9 Å². The minimum absolute atomic E-state index is 0.0644. The van der Waals surface area contributed by atoms with Gasteiger partial charge >= 0.3 is 0 Å². The summed E-state index contributed by atoms with van der Waals surface area (Å²) >= 11 is 13.0. The SMILES string of the molecule is CCCCNC(=O)C(Cc1ccccc1)N(Cc1c(Cl)cccc1Cl)C(=O)COc1cccc2ccccc12. The van der Waals surface area contributed by atoms with E-state index >= 15 is 0 Å². The number of nitrogens with one attached hydrogen (secondary N) is 1. The maximum atomic E-state index is 13.9. The summed E-state index contributed by atoms with van der Waals surface area (Å²) in [6.07, 6.45) is 2.12. The molecule has 0 aromatic heterocycles. The Morgan fingerprint density at radius 1 is 0.872 bits per heavy atom. The molecule has 2 amide bonds. The molecule has 5 nitrogen and oxygen atoms in total. The van der Waals surface area contributed by atoms with Crippen molar-refractivity contribution >= 4 is 45.8 Å². The highest BCUT2D eigenvalue weighted by atomic mass is 35.5. The lowest BCUT2D eigenvalue weighted by atomic mass is 10.0. The predicted molar refractivity (Wildman–Crippen MR) is 158 cm³/mol. The smallest absolute Gasteiger partial charge is 0.261 e. The van der Waals surface area contributed by atoms with Crippen molar-refractivity contribution in [3.8, 4) is 5.75 Å².